The maximum Gasteiger partial charge on any atom is 0.124 e. The molecular weight excluding hydrogens is 234 g/mol. The topological polar surface area (TPSA) is 21.3 Å². The van der Waals surface area contributed by atoms with Gasteiger partial charge >= 0.3 is 0 Å². The van der Waals surface area contributed by atoms with Crippen LogP contribution in [0.4, 0.5) is 0 Å². The lowest BCUT2D eigenvalue weighted by Gasteiger charge is -2.20. The second-order valence-electron chi connectivity index (χ2n) is 5.30. The molecule has 0 saturated carbocycles. The highest BCUT2D eigenvalue weighted by Gasteiger charge is 2.18. The van der Waals surface area contributed by atoms with Crippen LogP contribution in [0.25, 0.3) is 10.8 Å². The zero-order valence-corrected chi connectivity index (χ0v) is 11.5. The quantitative estimate of drug-likeness (QED) is 0.874. The third kappa shape index (κ3) is 2.59. The zero-order valence-electron chi connectivity index (χ0n) is 11.5. The van der Waals surface area contributed by atoms with E-state index in [1.165, 1.54) is 42.0 Å². The number of hydrogen-bond acceptors (Lipinski definition) is 2. The number of hydrogen-bond donors (Lipinski definition) is 1. The van der Waals surface area contributed by atoms with Crippen molar-refractivity contribution in [2.24, 2.45) is 0 Å². The van der Waals surface area contributed by atoms with Crippen LogP contribution in [0.3, 0.4) is 0 Å². The summed E-state index contributed by atoms with van der Waals surface area (Å²) in [5.41, 5.74) is 1.31. The lowest BCUT2D eigenvalue weighted by Crippen LogP contribution is -2.20. The van der Waals surface area contributed by atoms with Crippen LogP contribution in [-0.2, 0) is 0 Å². The fourth-order valence-corrected chi connectivity index (χ4v) is 2.98. The van der Waals surface area contributed by atoms with Crippen molar-refractivity contribution in [2.45, 2.75) is 31.7 Å². The van der Waals surface area contributed by atoms with Crippen molar-refractivity contribution in [3.8, 4) is 5.75 Å². The maximum atomic E-state index is 5.61. The first-order valence-corrected chi connectivity index (χ1v) is 7.18. The zero-order chi connectivity index (χ0) is 13.1. The molecule has 2 aromatic carbocycles. The molecule has 19 heavy (non-hydrogen) atoms. The summed E-state index contributed by atoms with van der Waals surface area (Å²) >= 11 is 0. The molecule has 1 N–H and O–H groups in total. The van der Waals surface area contributed by atoms with Crippen LogP contribution >= 0.6 is 0 Å². The van der Waals surface area contributed by atoms with Gasteiger partial charge in [-0.2, -0.15) is 0 Å². The Kier molecular flexibility index (Phi) is 3.69. The summed E-state index contributed by atoms with van der Waals surface area (Å²) in [7, 11) is 1.77. The molecular formula is C17H21NO. The Morgan fingerprint density at radius 2 is 1.84 bits per heavy atom. The largest absolute Gasteiger partial charge is 0.496 e. The van der Waals surface area contributed by atoms with Crippen molar-refractivity contribution < 1.29 is 4.74 Å². The van der Waals surface area contributed by atoms with Gasteiger partial charge in [0, 0.05) is 11.6 Å². The van der Waals surface area contributed by atoms with E-state index in [1.54, 1.807) is 7.11 Å². The van der Waals surface area contributed by atoms with E-state index >= 15 is 0 Å². The molecule has 1 aliphatic rings. The van der Waals surface area contributed by atoms with Gasteiger partial charge in [0.2, 0.25) is 0 Å². The maximum absolute atomic E-state index is 5.61. The Labute approximate surface area is 114 Å². The monoisotopic (exact) mass is 255 g/mol. The lowest BCUT2D eigenvalue weighted by molar-refractivity contribution is 0.398. The highest BCUT2D eigenvalue weighted by molar-refractivity contribution is 5.85. The highest BCUT2D eigenvalue weighted by Crippen LogP contribution is 2.33. The Bertz CT molecular complexity index is 556. The molecule has 0 radical (unpaired) electrons. The van der Waals surface area contributed by atoms with Crippen LogP contribution in [0.15, 0.2) is 36.4 Å². The Morgan fingerprint density at radius 1 is 1.05 bits per heavy atom. The summed E-state index contributed by atoms with van der Waals surface area (Å²) < 4.78 is 5.61. The minimum absolute atomic E-state index is 0.432. The predicted octanol–water partition coefficient (Wildman–Crippen LogP) is 4.05. The minimum Gasteiger partial charge on any atom is -0.496 e. The highest BCUT2D eigenvalue weighted by atomic mass is 16.5. The smallest absolute Gasteiger partial charge is 0.124 e. The normalized spacial score (nSPS) is 20.2. The molecule has 1 unspecified atom stereocenters. The number of benzene rings is 2. The van der Waals surface area contributed by atoms with Gasteiger partial charge in [-0.15, -0.1) is 0 Å². The molecule has 1 saturated heterocycles. The number of rotatable bonds is 2. The van der Waals surface area contributed by atoms with Crippen molar-refractivity contribution >= 4 is 10.8 Å². The number of fused-ring (bicyclic) bond motifs is 1. The van der Waals surface area contributed by atoms with Gasteiger partial charge < -0.3 is 10.1 Å². The van der Waals surface area contributed by atoms with Crippen LogP contribution < -0.4 is 10.1 Å². The summed E-state index contributed by atoms with van der Waals surface area (Å²) in [6.07, 6.45) is 5.12. The van der Waals surface area contributed by atoms with Gasteiger partial charge in [0.25, 0.3) is 0 Å². The molecule has 3 rings (SSSR count). The molecule has 0 amide bonds. The first-order valence-electron chi connectivity index (χ1n) is 7.18. The van der Waals surface area contributed by atoms with Gasteiger partial charge in [-0.05, 0) is 42.3 Å². The summed E-state index contributed by atoms with van der Waals surface area (Å²) in [5, 5.41) is 6.20. The van der Waals surface area contributed by atoms with Gasteiger partial charge in [-0.25, -0.2) is 0 Å². The SMILES string of the molecule is COc1cc2ccccc2cc1C1CCCCCN1. The molecule has 0 spiro atoms. The fraction of sp³-hybridized carbons (Fsp3) is 0.412. The second kappa shape index (κ2) is 5.62. The van der Waals surface area contributed by atoms with Crippen molar-refractivity contribution in [3.05, 3.63) is 42.0 Å². The van der Waals surface area contributed by atoms with E-state index in [4.69, 9.17) is 4.74 Å². The van der Waals surface area contributed by atoms with Gasteiger partial charge in [0.1, 0.15) is 5.75 Å². The van der Waals surface area contributed by atoms with Crippen molar-refractivity contribution in [3.63, 3.8) is 0 Å². The molecule has 2 nitrogen and oxygen atoms in total. The summed E-state index contributed by atoms with van der Waals surface area (Å²) in [4.78, 5) is 0. The lowest BCUT2D eigenvalue weighted by atomic mass is 9.97. The van der Waals surface area contributed by atoms with E-state index in [0.717, 1.165) is 12.3 Å². The number of nitrogens with one attached hydrogen (secondary N) is 1. The molecule has 0 aliphatic carbocycles. The third-order valence-corrected chi connectivity index (χ3v) is 4.03. The van der Waals surface area contributed by atoms with Gasteiger partial charge in [-0.1, -0.05) is 37.1 Å². The second-order valence-corrected chi connectivity index (χ2v) is 5.30. The van der Waals surface area contributed by atoms with Crippen LogP contribution in [0.1, 0.15) is 37.3 Å². The van der Waals surface area contributed by atoms with E-state index in [0.29, 0.717) is 6.04 Å². The molecule has 0 aromatic heterocycles. The van der Waals surface area contributed by atoms with E-state index in [1.807, 2.05) is 0 Å². The van der Waals surface area contributed by atoms with Gasteiger partial charge in [0.15, 0.2) is 0 Å². The molecule has 100 valence electrons. The Morgan fingerprint density at radius 3 is 2.63 bits per heavy atom. The Hall–Kier alpha value is -1.54. The first kappa shape index (κ1) is 12.5. The summed E-state index contributed by atoms with van der Waals surface area (Å²) in [6, 6.07) is 13.4. The van der Waals surface area contributed by atoms with Gasteiger partial charge in [0.05, 0.1) is 7.11 Å². The number of ether oxygens (including phenoxy) is 1. The van der Waals surface area contributed by atoms with Crippen LogP contribution in [0.2, 0.25) is 0 Å². The van der Waals surface area contributed by atoms with Crippen LogP contribution in [-0.4, -0.2) is 13.7 Å². The standard InChI is InChI=1S/C17H21NO/c1-19-17-12-14-8-5-4-7-13(14)11-15(17)16-9-3-2-6-10-18-16/h4-5,7-8,11-12,16,18H,2-3,6,9-10H2,1H3. The van der Waals surface area contributed by atoms with Crippen molar-refractivity contribution in [2.75, 3.05) is 13.7 Å². The van der Waals surface area contributed by atoms with E-state index in [2.05, 4.69) is 41.7 Å². The van der Waals surface area contributed by atoms with Gasteiger partial charge in [-0.3, -0.25) is 0 Å². The first-order chi connectivity index (χ1) is 9.38. The molecule has 0 bridgehead atoms. The molecule has 2 aromatic rings. The number of methoxy groups -OCH3 is 1. The minimum atomic E-state index is 0.432. The average molecular weight is 255 g/mol. The molecule has 1 fully saturated rings. The summed E-state index contributed by atoms with van der Waals surface area (Å²) in [5.74, 6) is 1.01. The predicted molar refractivity (Wildman–Crippen MR) is 79.7 cm³/mol. The van der Waals surface area contributed by atoms with Crippen LogP contribution in [0.5, 0.6) is 5.75 Å². The van der Waals surface area contributed by atoms with Crippen molar-refractivity contribution in [1.82, 2.24) is 5.32 Å². The molecule has 1 heterocycles. The summed E-state index contributed by atoms with van der Waals surface area (Å²) in [6.45, 7) is 1.11. The van der Waals surface area contributed by atoms with Crippen molar-refractivity contribution in [1.29, 1.82) is 0 Å². The molecule has 1 atom stereocenters. The molecule has 2 heteroatoms. The third-order valence-electron chi connectivity index (χ3n) is 4.03. The fourth-order valence-electron chi connectivity index (χ4n) is 2.98. The van der Waals surface area contributed by atoms with Crippen LogP contribution in [0, 0.1) is 0 Å². The van der Waals surface area contributed by atoms with E-state index in [-0.39, 0.29) is 0 Å². The van der Waals surface area contributed by atoms with E-state index in [9.17, 15) is 0 Å². The average Bonchev–Trinajstić information content (AvgIpc) is 2.74. The van der Waals surface area contributed by atoms with E-state index < -0.39 is 0 Å². The Balaban J connectivity index is 2.04. The molecule has 1 aliphatic heterocycles.